The van der Waals surface area contributed by atoms with Gasteiger partial charge in [0.05, 0.1) is 11.0 Å². The normalized spacial score (nSPS) is 24.3. The predicted octanol–water partition coefficient (Wildman–Crippen LogP) is 1.97. The average molecular weight is 348 g/mol. The Morgan fingerprint density at radius 1 is 1.28 bits per heavy atom. The molecule has 1 aliphatic carbocycles. The fourth-order valence-electron chi connectivity index (χ4n) is 3.69. The van der Waals surface area contributed by atoms with E-state index in [2.05, 4.69) is 10.2 Å². The van der Waals surface area contributed by atoms with Gasteiger partial charge in [0.1, 0.15) is 0 Å². The third kappa shape index (κ3) is 3.91. The quantitative estimate of drug-likeness (QED) is 0.643. The number of carbonyl (C=O) groups is 1. The van der Waals surface area contributed by atoms with Crippen LogP contribution < -0.4 is 5.32 Å². The molecule has 1 aliphatic heterocycles. The molecular formula is C17H24N4O4. The highest BCUT2D eigenvalue weighted by molar-refractivity contribution is 5.89. The number of amides is 2. The number of rotatable bonds is 3. The Bertz CT molecular complexity index is 658. The van der Waals surface area contributed by atoms with E-state index in [0.29, 0.717) is 24.3 Å². The minimum atomic E-state index is -0.448. The number of aryl methyl sites for hydroxylation is 1. The van der Waals surface area contributed by atoms with Gasteiger partial charge in [-0.25, -0.2) is 4.79 Å². The maximum Gasteiger partial charge on any atom is 0.321 e. The number of anilines is 1. The number of aliphatic hydroxyl groups is 1. The molecule has 136 valence electrons. The van der Waals surface area contributed by atoms with E-state index in [1.807, 2.05) is 0 Å². The molecule has 0 radical (unpaired) electrons. The molecule has 25 heavy (non-hydrogen) atoms. The van der Waals surface area contributed by atoms with Crippen molar-refractivity contribution in [2.75, 3.05) is 31.5 Å². The SMILES string of the molecule is Cc1ccc(NC(=O)N2CCN(C3CCCC3O)CC2)cc1[N+](=O)[O-]. The summed E-state index contributed by atoms with van der Waals surface area (Å²) < 4.78 is 0. The number of hydrogen-bond acceptors (Lipinski definition) is 5. The van der Waals surface area contributed by atoms with E-state index in [0.717, 1.165) is 32.4 Å². The molecule has 1 heterocycles. The molecular weight excluding hydrogens is 324 g/mol. The molecule has 8 nitrogen and oxygen atoms in total. The Morgan fingerprint density at radius 2 is 2.00 bits per heavy atom. The van der Waals surface area contributed by atoms with Gasteiger partial charge < -0.3 is 15.3 Å². The Kier molecular flexibility index (Phi) is 5.19. The van der Waals surface area contributed by atoms with Crippen LogP contribution in [-0.2, 0) is 0 Å². The van der Waals surface area contributed by atoms with Crippen molar-refractivity contribution in [3.63, 3.8) is 0 Å². The number of urea groups is 1. The van der Waals surface area contributed by atoms with Crippen LogP contribution in [0.5, 0.6) is 0 Å². The summed E-state index contributed by atoms with van der Waals surface area (Å²) >= 11 is 0. The number of hydrogen-bond donors (Lipinski definition) is 2. The molecule has 1 aromatic carbocycles. The first-order valence-electron chi connectivity index (χ1n) is 8.69. The third-order valence-corrected chi connectivity index (χ3v) is 5.17. The molecule has 0 spiro atoms. The van der Waals surface area contributed by atoms with Gasteiger partial charge in [-0.3, -0.25) is 15.0 Å². The molecule has 2 aliphatic rings. The zero-order valence-electron chi connectivity index (χ0n) is 14.4. The lowest BCUT2D eigenvalue weighted by molar-refractivity contribution is -0.385. The summed E-state index contributed by atoms with van der Waals surface area (Å²) in [4.78, 5) is 26.9. The van der Waals surface area contributed by atoms with E-state index in [4.69, 9.17) is 0 Å². The summed E-state index contributed by atoms with van der Waals surface area (Å²) in [6.07, 6.45) is 2.67. The van der Waals surface area contributed by atoms with Gasteiger partial charge in [0.25, 0.3) is 5.69 Å². The van der Waals surface area contributed by atoms with Crippen molar-refractivity contribution in [2.45, 2.75) is 38.3 Å². The van der Waals surface area contributed by atoms with Crippen molar-refractivity contribution in [1.29, 1.82) is 0 Å². The summed E-state index contributed by atoms with van der Waals surface area (Å²) in [6, 6.07) is 4.66. The fraction of sp³-hybridized carbons (Fsp3) is 0.588. The first-order chi connectivity index (χ1) is 12.0. The number of carbonyl (C=O) groups excluding carboxylic acids is 1. The zero-order chi connectivity index (χ0) is 18.0. The maximum absolute atomic E-state index is 12.4. The van der Waals surface area contributed by atoms with Gasteiger partial charge in [0.15, 0.2) is 0 Å². The van der Waals surface area contributed by atoms with Crippen LogP contribution in [-0.4, -0.2) is 64.2 Å². The number of nitro groups is 1. The fourth-order valence-corrected chi connectivity index (χ4v) is 3.69. The number of nitrogens with zero attached hydrogens (tertiary/aromatic N) is 3. The molecule has 0 aromatic heterocycles. The van der Waals surface area contributed by atoms with Crippen LogP contribution in [0.1, 0.15) is 24.8 Å². The van der Waals surface area contributed by atoms with Gasteiger partial charge in [0, 0.05) is 49.5 Å². The topological polar surface area (TPSA) is 99.0 Å². The van der Waals surface area contributed by atoms with Crippen LogP contribution in [0.25, 0.3) is 0 Å². The molecule has 0 bridgehead atoms. The first kappa shape index (κ1) is 17.6. The molecule has 2 amide bonds. The van der Waals surface area contributed by atoms with Crippen LogP contribution in [0.4, 0.5) is 16.2 Å². The number of piperazine rings is 1. The molecule has 2 fully saturated rings. The second-order valence-corrected chi connectivity index (χ2v) is 6.78. The number of nitrogens with one attached hydrogen (secondary N) is 1. The Morgan fingerprint density at radius 3 is 2.60 bits per heavy atom. The van der Waals surface area contributed by atoms with Crippen molar-refractivity contribution in [2.24, 2.45) is 0 Å². The molecule has 2 atom stereocenters. The summed E-state index contributed by atoms with van der Waals surface area (Å²) in [6.45, 7) is 4.32. The highest BCUT2D eigenvalue weighted by Crippen LogP contribution is 2.26. The molecule has 3 rings (SSSR count). The van der Waals surface area contributed by atoms with Crippen molar-refractivity contribution in [3.05, 3.63) is 33.9 Å². The second kappa shape index (κ2) is 7.37. The van der Waals surface area contributed by atoms with Gasteiger partial charge in [0.2, 0.25) is 0 Å². The lowest BCUT2D eigenvalue weighted by Gasteiger charge is -2.39. The summed E-state index contributed by atoms with van der Waals surface area (Å²) in [5.74, 6) is 0. The van der Waals surface area contributed by atoms with Crippen molar-refractivity contribution >= 4 is 17.4 Å². The van der Waals surface area contributed by atoms with Gasteiger partial charge in [-0.05, 0) is 32.3 Å². The Hall–Kier alpha value is -2.19. The van der Waals surface area contributed by atoms with Crippen LogP contribution >= 0.6 is 0 Å². The molecule has 2 unspecified atom stereocenters. The van der Waals surface area contributed by atoms with Crippen LogP contribution in [0.15, 0.2) is 18.2 Å². The van der Waals surface area contributed by atoms with Crippen LogP contribution in [0.3, 0.4) is 0 Å². The van der Waals surface area contributed by atoms with Crippen molar-refractivity contribution in [1.82, 2.24) is 9.80 Å². The molecule has 8 heteroatoms. The molecule has 1 saturated carbocycles. The first-order valence-corrected chi connectivity index (χ1v) is 8.69. The number of benzene rings is 1. The Balaban J connectivity index is 1.56. The minimum absolute atomic E-state index is 0.00200. The van der Waals surface area contributed by atoms with Crippen LogP contribution in [0, 0.1) is 17.0 Å². The lowest BCUT2D eigenvalue weighted by atomic mass is 10.1. The van der Waals surface area contributed by atoms with Gasteiger partial charge in [-0.2, -0.15) is 0 Å². The lowest BCUT2D eigenvalue weighted by Crippen LogP contribution is -2.54. The Labute approximate surface area is 146 Å². The third-order valence-electron chi connectivity index (χ3n) is 5.17. The monoisotopic (exact) mass is 348 g/mol. The van der Waals surface area contributed by atoms with Gasteiger partial charge >= 0.3 is 6.03 Å². The summed E-state index contributed by atoms with van der Waals surface area (Å²) in [7, 11) is 0. The van der Waals surface area contributed by atoms with Crippen molar-refractivity contribution in [3.8, 4) is 0 Å². The average Bonchev–Trinajstić information content (AvgIpc) is 3.02. The van der Waals surface area contributed by atoms with Gasteiger partial charge in [-0.15, -0.1) is 0 Å². The smallest absolute Gasteiger partial charge is 0.321 e. The molecule has 1 saturated heterocycles. The standard InChI is InChI=1S/C17H24N4O4/c1-12-5-6-13(11-15(12)21(24)25)18-17(23)20-9-7-19(8-10-20)14-3-2-4-16(14)22/h5-6,11,14,16,22H,2-4,7-10H2,1H3,(H,18,23). The summed E-state index contributed by atoms with van der Waals surface area (Å²) in [5.41, 5.74) is 0.987. The highest BCUT2D eigenvalue weighted by Gasteiger charge is 2.33. The molecule has 1 aromatic rings. The minimum Gasteiger partial charge on any atom is -0.391 e. The van der Waals surface area contributed by atoms with E-state index < -0.39 is 4.92 Å². The van der Waals surface area contributed by atoms with E-state index >= 15 is 0 Å². The summed E-state index contributed by atoms with van der Waals surface area (Å²) in [5, 5.41) is 23.8. The molecule has 2 N–H and O–H groups in total. The highest BCUT2D eigenvalue weighted by atomic mass is 16.6. The van der Waals surface area contributed by atoms with E-state index in [9.17, 15) is 20.0 Å². The number of nitro benzene ring substituents is 1. The maximum atomic E-state index is 12.4. The van der Waals surface area contributed by atoms with E-state index in [1.54, 1.807) is 24.0 Å². The largest absolute Gasteiger partial charge is 0.391 e. The zero-order valence-corrected chi connectivity index (χ0v) is 14.4. The van der Waals surface area contributed by atoms with E-state index in [-0.39, 0.29) is 23.9 Å². The predicted molar refractivity (Wildman–Crippen MR) is 93.6 cm³/mol. The van der Waals surface area contributed by atoms with E-state index in [1.165, 1.54) is 6.07 Å². The van der Waals surface area contributed by atoms with Crippen molar-refractivity contribution < 1.29 is 14.8 Å². The van der Waals surface area contributed by atoms with Crippen LogP contribution in [0.2, 0.25) is 0 Å². The number of aliphatic hydroxyl groups excluding tert-OH is 1. The second-order valence-electron chi connectivity index (χ2n) is 6.78. The van der Waals surface area contributed by atoms with Gasteiger partial charge in [-0.1, -0.05) is 6.07 Å².